The van der Waals surface area contributed by atoms with Crippen LogP contribution in [0.4, 0.5) is 0 Å². The first-order valence-electron chi connectivity index (χ1n) is 5.97. The molecule has 0 aliphatic heterocycles. The summed E-state index contributed by atoms with van der Waals surface area (Å²) in [6.45, 7) is 10.0. The average molecular weight is 265 g/mol. The fourth-order valence-electron chi connectivity index (χ4n) is 1.70. The van der Waals surface area contributed by atoms with E-state index in [2.05, 4.69) is 23.9 Å². The molecule has 17 heavy (non-hydrogen) atoms. The predicted molar refractivity (Wildman–Crippen MR) is 72.3 cm³/mol. The van der Waals surface area contributed by atoms with E-state index < -0.39 is 15.6 Å². The molecule has 5 nitrogen and oxygen atoms in total. The van der Waals surface area contributed by atoms with Gasteiger partial charge in [0.2, 0.25) is 10.0 Å². The zero-order chi connectivity index (χ0) is 13.7. The molecule has 104 valence electrons. The van der Waals surface area contributed by atoms with Crippen molar-refractivity contribution in [1.29, 1.82) is 0 Å². The molecule has 0 aromatic rings. The Labute approximate surface area is 106 Å². The first-order chi connectivity index (χ1) is 7.57. The lowest BCUT2D eigenvalue weighted by molar-refractivity contribution is 0.343. The zero-order valence-electron chi connectivity index (χ0n) is 11.6. The second-order valence-corrected chi connectivity index (χ2v) is 7.38. The molecule has 0 saturated heterocycles. The summed E-state index contributed by atoms with van der Waals surface area (Å²) in [5.41, 5.74) is 5.19. The van der Waals surface area contributed by atoms with Gasteiger partial charge < -0.3 is 11.1 Å². The number of rotatable bonds is 8. The second kappa shape index (κ2) is 6.68. The van der Waals surface area contributed by atoms with E-state index in [1.165, 1.54) is 6.26 Å². The van der Waals surface area contributed by atoms with Gasteiger partial charge in [-0.3, -0.25) is 0 Å². The van der Waals surface area contributed by atoms with Crippen molar-refractivity contribution in [3.8, 4) is 0 Å². The first-order valence-corrected chi connectivity index (χ1v) is 7.86. The van der Waals surface area contributed by atoms with Crippen molar-refractivity contribution in [1.82, 2.24) is 10.0 Å². The van der Waals surface area contributed by atoms with Gasteiger partial charge >= 0.3 is 0 Å². The Balaban J connectivity index is 4.10. The number of hydrogen-bond acceptors (Lipinski definition) is 4. The lowest BCUT2D eigenvalue weighted by Gasteiger charge is -2.27. The highest BCUT2D eigenvalue weighted by atomic mass is 32.2. The number of sulfonamides is 1. The van der Waals surface area contributed by atoms with Gasteiger partial charge in [0.15, 0.2) is 0 Å². The largest absolute Gasteiger partial charge is 0.330 e. The van der Waals surface area contributed by atoms with E-state index in [-0.39, 0.29) is 0 Å². The highest BCUT2D eigenvalue weighted by Gasteiger charge is 2.22. The van der Waals surface area contributed by atoms with Crippen LogP contribution in [0.5, 0.6) is 0 Å². The molecule has 0 heterocycles. The third-order valence-electron chi connectivity index (χ3n) is 2.68. The molecule has 0 radical (unpaired) electrons. The summed E-state index contributed by atoms with van der Waals surface area (Å²) in [4.78, 5) is 0. The van der Waals surface area contributed by atoms with Gasteiger partial charge in [-0.25, -0.2) is 13.1 Å². The molecule has 1 unspecified atom stereocenters. The summed E-state index contributed by atoms with van der Waals surface area (Å²) in [5, 5.41) is 3.27. The molecular weight excluding hydrogens is 238 g/mol. The van der Waals surface area contributed by atoms with Crippen LogP contribution in [0.3, 0.4) is 0 Å². The van der Waals surface area contributed by atoms with Gasteiger partial charge in [0.05, 0.1) is 6.26 Å². The van der Waals surface area contributed by atoms with Crippen molar-refractivity contribution in [3.63, 3.8) is 0 Å². The second-order valence-electron chi connectivity index (χ2n) is 5.63. The molecule has 0 fully saturated rings. The maximum absolute atomic E-state index is 11.1. The van der Waals surface area contributed by atoms with Crippen LogP contribution in [0, 0.1) is 11.8 Å². The van der Waals surface area contributed by atoms with Gasteiger partial charge in [0.1, 0.15) is 0 Å². The summed E-state index contributed by atoms with van der Waals surface area (Å²) in [6, 6.07) is 0. The predicted octanol–water partition coefficient (Wildman–Crippen LogP) is 0.135. The van der Waals surface area contributed by atoms with Crippen molar-refractivity contribution in [2.75, 3.05) is 25.9 Å². The summed E-state index contributed by atoms with van der Waals surface area (Å²) < 4.78 is 24.9. The Bertz CT molecular complexity index is 313. The molecule has 0 saturated carbocycles. The third kappa shape index (κ3) is 8.54. The molecule has 0 aromatic heterocycles. The molecule has 0 aromatic carbocycles. The average Bonchev–Trinajstić information content (AvgIpc) is 2.07. The monoisotopic (exact) mass is 265 g/mol. The Morgan fingerprint density at radius 1 is 1.29 bits per heavy atom. The minimum atomic E-state index is -3.17. The van der Waals surface area contributed by atoms with Gasteiger partial charge in [-0.15, -0.1) is 0 Å². The lowest BCUT2D eigenvalue weighted by atomic mass is 9.95. The van der Waals surface area contributed by atoms with E-state index >= 15 is 0 Å². The molecule has 0 aliphatic carbocycles. The molecule has 0 aliphatic rings. The molecule has 0 rings (SSSR count). The van der Waals surface area contributed by atoms with Crippen LogP contribution in [0.25, 0.3) is 0 Å². The maximum Gasteiger partial charge on any atom is 0.209 e. The number of nitrogens with two attached hydrogens (primary N) is 1. The molecular formula is C11H27N3O2S. The van der Waals surface area contributed by atoms with Crippen LogP contribution in [0.1, 0.15) is 27.7 Å². The van der Waals surface area contributed by atoms with E-state index in [1.54, 1.807) is 0 Å². The number of nitrogens with one attached hydrogen (secondary N) is 2. The van der Waals surface area contributed by atoms with E-state index in [4.69, 9.17) is 5.73 Å². The number of hydrogen-bond donors (Lipinski definition) is 3. The molecule has 6 heteroatoms. The van der Waals surface area contributed by atoms with E-state index in [9.17, 15) is 8.42 Å². The minimum absolute atomic E-state index is 0.420. The van der Waals surface area contributed by atoms with Crippen molar-refractivity contribution < 1.29 is 8.42 Å². The van der Waals surface area contributed by atoms with Crippen molar-refractivity contribution in [2.45, 2.75) is 33.2 Å². The van der Waals surface area contributed by atoms with E-state index in [0.717, 1.165) is 6.54 Å². The Hall–Kier alpha value is -0.170. The molecule has 0 amide bonds. The Kier molecular flexibility index (Phi) is 6.61. The van der Waals surface area contributed by atoms with Crippen LogP contribution in [0.2, 0.25) is 0 Å². The highest BCUT2D eigenvalue weighted by molar-refractivity contribution is 7.88. The highest BCUT2D eigenvalue weighted by Crippen LogP contribution is 2.08. The van der Waals surface area contributed by atoms with Crippen molar-refractivity contribution in [3.05, 3.63) is 0 Å². The molecule has 0 spiro atoms. The smallest absolute Gasteiger partial charge is 0.209 e. The summed E-state index contributed by atoms with van der Waals surface area (Å²) in [5.74, 6) is 0.947. The van der Waals surface area contributed by atoms with Gasteiger partial charge in [-0.1, -0.05) is 13.8 Å². The molecule has 0 bridgehead atoms. The maximum atomic E-state index is 11.1. The lowest BCUT2D eigenvalue weighted by Crippen LogP contribution is -2.51. The third-order valence-corrected chi connectivity index (χ3v) is 3.60. The summed E-state index contributed by atoms with van der Waals surface area (Å²) in [7, 11) is -3.17. The van der Waals surface area contributed by atoms with Crippen LogP contribution in [0.15, 0.2) is 0 Å². The normalized spacial score (nSPS) is 15.2. The SMILES string of the molecule is CC(C)C(CN)CNCC(C)(C)NS(C)(=O)=O. The van der Waals surface area contributed by atoms with Crippen molar-refractivity contribution >= 4 is 10.0 Å². The van der Waals surface area contributed by atoms with Gasteiger partial charge in [0, 0.05) is 12.1 Å². The van der Waals surface area contributed by atoms with E-state index in [0.29, 0.717) is 24.9 Å². The fraction of sp³-hybridized carbons (Fsp3) is 1.00. The van der Waals surface area contributed by atoms with Gasteiger partial charge in [-0.05, 0) is 38.8 Å². The first kappa shape index (κ1) is 16.8. The van der Waals surface area contributed by atoms with Crippen LogP contribution >= 0.6 is 0 Å². The van der Waals surface area contributed by atoms with Crippen LogP contribution in [-0.4, -0.2) is 39.8 Å². The Morgan fingerprint density at radius 3 is 2.18 bits per heavy atom. The van der Waals surface area contributed by atoms with Gasteiger partial charge in [0.25, 0.3) is 0 Å². The van der Waals surface area contributed by atoms with E-state index in [1.807, 2.05) is 13.8 Å². The van der Waals surface area contributed by atoms with Crippen molar-refractivity contribution in [2.24, 2.45) is 17.6 Å². The summed E-state index contributed by atoms with van der Waals surface area (Å²) in [6.07, 6.45) is 1.17. The molecule has 4 N–H and O–H groups in total. The Morgan fingerprint density at radius 2 is 1.82 bits per heavy atom. The molecule has 1 atom stereocenters. The standard InChI is InChI=1S/C11H27N3O2S/c1-9(2)10(6-12)7-13-8-11(3,4)14-17(5,15)16/h9-10,13-14H,6-8,12H2,1-5H3. The van der Waals surface area contributed by atoms with Crippen LogP contribution in [-0.2, 0) is 10.0 Å². The summed E-state index contributed by atoms with van der Waals surface area (Å²) >= 11 is 0. The van der Waals surface area contributed by atoms with Crippen LogP contribution < -0.4 is 15.8 Å². The van der Waals surface area contributed by atoms with Gasteiger partial charge in [-0.2, -0.15) is 0 Å². The quantitative estimate of drug-likeness (QED) is 0.582. The zero-order valence-corrected chi connectivity index (χ0v) is 12.4. The topological polar surface area (TPSA) is 84.2 Å². The fourth-order valence-corrected chi connectivity index (χ4v) is 2.78. The minimum Gasteiger partial charge on any atom is -0.330 e.